The molecule has 1 heterocycles. The monoisotopic (exact) mass is 290 g/mol. The Morgan fingerprint density at radius 1 is 1.24 bits per heavy atom. The molecule has 21 heavy (non-hydrogen) atoms. The predicted molar refractivity (Wildman–Crippen MR) is 84.0 cm³/mol. The fraction of sp³-hybridized carbons (Fsp3) is 0.647. The Balaban J connectivity index is 1.53. The maximum atomic E-state index is 5.64. The van der Waals surface area contributed by atoms with Gasteiger partial charge in [-0.1, -0.05) is 6.07 Å². The molecule has 1 saturated heterocycles. The van der Waals surface area contributed by atoms with Crippen molar-refractivity contribution in [3.8, 4) is 11.5 Å². The summed E-state index contributed by atoms with van der Waals surface area (Å²) in [6, 6.07) is 7.71. The van der Waals surface area contributed by atoms with Gasteiger partial charge in [0.15, 0.2) is 11.5 Å². The molecule has 0 amide bonds. The Kier molecular flexibility index (Phi) is 4.66. The molecule has 116 valence electrons. The molecular weight excluding hydrogens is 264 g/mol. The Hall–Kier alpha value is -1.26. The van der Waals surface area contributed by atoms with Crippen molar-refractivity contribution >= 4 is 0 Å². The highest BCUT2D eigenvalue weighted by molar-refractivity contribution is 5.42. The van der Waals surface area contributed by atoms with Gasteiger partial charge in [-0.25, -0.2) is 0 Å². The number of nitrogens with one attached hydrogen (secondary N) is 1. The van der Waals surface area contributed by atoms with Crippen LogP contribution in [0.3, 0.4) is 0 Å². The van der Waals surface area contributed by atoms with E-state index in [1.165, 1.54) is 37.9 Å². The van der Waals surface area contributed by atoms with Crippen LogP contribution in [-0.4, -0.2) is 43.8 Å². The zero-order valence-corrected chi connectivity index (χ0v) is 13.1. The summed E-state index contributed by atoms with van der Waals surface area (Å²) >= 11 is 0. The van der Waals surface area contributed by atoms with Gasteiger partial charge in [-0.2, -0.15) is 0 Å². The highest BCUT2D eigenvalue weighted by Crippen LogP contribution is 2.30. The smallest absolute Gasteiger partial charge is 0.161 e. The van der Waals surface area contributed by atoms with E-state index >= 15 is 0 Å². The van der Waals surface area contributed by atoms with E-state index in [9.17, 15) is 0 Å². The van der Waals surface area contributed by atoms with Gasteiger partial charge in [-0.15, -0.1) is 0 Å². The maximum absolute atomic E-state index is 5.64. The van der Waals surface area contributed by atoms with Crippen molar-refractivity contribution in [2.24, 2.45) is 0 Å². The van der Waals surface area contributed by atoms with Gasteiger partial charge in [0.05, 0.1) is 13.7 Å². The Labute approximate surface area is 127 Å². The van der Waals surface area contributed by atoms with Crippen molar-refractivity contribution < 1.29 is 9.47 Å². The average Bonchev–Trinajstić information content (AvgIpc) is 3.25. The number of hydrogen-bond donors (Lipinski definition) is 1. The SMILES string of the molecule is CCOc1cc(CNC2CCN(C3CC3)C2)ccc1OC. The first kappa shape index (κ1) is 14.7. The van der Waals surface area contributed by atoms with E-state index in [-0.39, 0.29) is 0 Å². The van der Waals surface area contributed by atoms with E-state index in [1.54, 1.807) is 7.11 Å². The Bertz CT molecular complexity index is 474. The average molecular weight is 290 g/mol. The Morgan fingerprint density at radius 3 is 2.81 bits per heavy atom. The molecule has 4 heteroatoms. The molecule has 1 unspecified atom stereocenters. The summed E-state index contributed by atoms with van der Waals surface area (Å²) in [6.07, 6.45) is 4.08. The number of benzene rings is 1. The summed E-state index contributed by atoms with van der Waals surface area (Å²) in [5.74, 6) is 1.65. The summed E-state index contributed by atoms with van der Waals surface area (Å²) < 4.78 is 11.0. The van der Waals surface area contributed by atoms with Crippen LogP contribution in [0.5, 0.6) is 11.5 Å². The molecule has 1 saturated carbocycles. The van der Waals surface area contributed by atoms with Crippen LogP contribution >= 0.6 is 0 Å². The molecule has 2 aliphatic rings. The number of rotatable bonds is 7. The lowest BCUT2D eigenvalue weighted by Gasteiger charge is -2.16. The lowest BCUT2D eigenvalue weighted by Crippen LogP contribution is -2.32. The highest BCUT2D eigenvalue weighted by atomic mass is 16.5. The lowest BCUT2D eigenvalue weighted by molar-refractivity contribution is 0.310. The lowest BCUT2D eigenvalue weighted by atomic mass is 10.1. The molecule has 1 aromatic carbocycles. The zero-order valence-electron chi connectivity index (χ0n) is 13.1. The largest absolute Gasteiger partial charge is 0.493 e. The second kappa shape index (κ2) is 6.67. The third-order valence-electron chi connectivity index (χ3n) is 4.41. The first-order chi connectivity index (χ1) is 10.3. The fourth-order valence-corrected chi connectivity index (χ4v) is 3.09. The maximum Gasteiger partial charge on any atom is 0.161 e. The molecule has 4 nitrogen and oxygen atoms in total. The summed E-state index contributed by atoms with van der Waals surface area (Å²) in [6.45, 7) is 6.02. The van der Waals surface area contributed by atoms with Gasteiger partial charge < -0.3 is 14.8 Å². The summed E-state index contributed by atoms with van der Waals surface area (Å²) in [5.41, 5.74) is 1.25. The molecule has 0 radical (unpaired) electrons. The van der Waals surface area contributed by atoms with Crippen LogP contribution in [0.15, 0.2) is 18.2 Å². The van der Waals surface area contributed by atoms with E-state index in [0.717, 1.165) is 24.1 Å². The molecule has 2 fully saturated rings. The second-order valence-corrected chi connectivity index (χ2v) is 6.01. The minimum Gasteiger partial charge on any atom is -0.493 e. The van der Waals surface area contributed by atoms with Gasteiger partial charge in [0.25, 0.3) is 0 Å². The Morgan fingerprint density at radius 2 is 2.10 bits per heavy atom. The van der Waals surface area contributed by atoms with Crippen LogP contribution in [0.4, 0.5) is 0 Å². The first-order valence-corrected chi connectivity index (χ1v) is 8.07. The normalized spacial score (nSPS) is 22.5. The van der Waals surface area contributed by atoms with Gasteiger partial charge in [-0.3, -0.25) is 4.90 Å². The van der Waals surface area contributed by atoms with Crippen LogP contribution in [0.2, 0.25) is 0 Å². The standard InChI is InChI=1S/C17H26N2O2/c1-3-21-17-10-13(4-7-16(17)20-2)11-18-14-8-9-19(12-14)15-5-6-15/h4,7,10,14-15,18H,3,5-6,8-9,11-12H2,1-2H3. The van der Waals surface area contributed by atoms with Crippen LogP contribution < -0.4 is 14.8 Å². The van der Waals surface area contributed by atoms with Gasteiger partial charge in [0.1, 0.15) is 0 Å². The van der Waals surface area contributed by atoms with E-state index in [4.69, 9.17) is 9.47 Å². The van der Waals surface area contributed by atoms with Crippen molar-refractivity contribution in [2.45, 2.75) is 44.8 Å². The summed E-state index contributed by atoms with van der Waals surface area (Å²) in [7, 11) is 1.68. The van der Waals surface area contributed by atoms with E-state index in [2.05, 4.69) is 22.3 Å². The van der Waals surface area contributed by atoms with Gasteiger partial charge >= 0.3 is 0 Å². The van der Waals surface area contributed by atoms with Crippen molar-refractivity contribution in [3.63, 3.8) is 0 Å². The number of nitrogens with zero attached hydrogens (tertiary/aromatic N) is 1. The molecular formula is C17H26N2O2. The van der Waals surface area contributed by atoms with Crippen molar-refractivity contribution in [1.82, 2.24) is 10.2 Å². The molecule has 1 aliphatic heterocycles. The topological polar surface area (TPSA) is 33.7 Å². The number of hydrogen-bond acceptors (Lipinski definition) is 4. The summed E-state index contributed by atoms with van der Waals surface area (Å²) in [5, 5.41) is 3.68. The van der Waals surface area contributed by atoms with Crippen molar-refractivity contribution in [1.29, 1.82) is 0 Å². The minimum absolute atomic E-state index is 0.628. The molecule has 3 rings (SSSR count). The van der Waals surface area contributed by atoms with Crippen molar-refractivity contribution in [2.75, 3.05) is 26.8 Å². The molecule has 1 atom stereocenters. The molecule has 0 aromatic heterocycles. The van der Waals surface area contributed by atoms with Gasteiger partial charge in [-0.05, 0) is 43.9 Å². The number of ether oxygens (including phenoxy) is 2. The molecule has 1 aromatic rings. The third-order valence-corrected chi connectivity index (χ3v) is 4.41. The first-order valence-electron chi connectivity index (χ1n) is 8.07. The molecule has 0 bridgehead atoms. The van der Waals surface area contributed by atoms with E-state index < -0.39 is 0 Å². The zero-order chi connectivity index (χ0) is 14.7. The fourth-order valence-electron chi connectivity index (χ4n) is 3.09. The number of methoxy groups -OCH3 is 1. The van der Waals surface area contributed by atoms with Gasteiger partial charge in [0.2, 0.25) is 0 Å². The van der Waals surface area contributed by atoms with Crippen LogP contribution in [0.1, 0.15) is 31.7 Å². The minimum atomic E-state index is 0.628. The van der Waals surface area contributed by atoms with Crippen LogP contribution in [0.25, 0.3) is 0 Å². The second-order valence-electron chi connectivity index (χ2n) is 6.01. The molecule has 0 spiro atoms. The third kappa shape index (κ3) is 3.69. The molecule has 1 aliphatic carbocycles. The predicted octanol–water partition coefficient (Wildman–Crippen LogP) is 2.42. The van der Waals surface area contributed by atoms with Crippen LogP contribution in [-0.2, 0) is 6.54 Å². The van der Waals surface area contributed by atoms with Gasteiger partial charge in [0, 0.05) is 31.7 Å². The highest BCUT2D eigenvalue weighted by Gasteiger charge is 2.33. The van der Waals surface area contributed by atoms with E-state index in [0.29, 0.717) is 12.6 Å². The van der Waals surface area contributed by atoms with Crippen LogP contribution in [0, 0.1) is 0 Å². The van der Waals surface area contributed by atoms with Crippen molar-refractivity contribution in [3.05, 3.63) is 23.8 Å². The number of likely N-dealkylation sites (tertiary alicyclic amines) is 1. The molecule has 1 N–H and O–H groups in total. The quantitative estimate of drug-likeness (QED) is 0.836. The van der Waals surface area contributed by atoms with E-state index in [1.807, 2.05) is 13.0 Å². The summed E-state index contributed by atoms with van der Waals surface area (Å²) in [4.78, 5) is 2.64.